The second-order valence-corrected chi connectivity index (χ2v) is 12.3. The molecule has 6 rings (SSSR count). The fourth-order valence-electron chi connectivity index (χ4n) is 5.13. The van der Waals surface area contributed by atoms with E-state index in [0.717, 1.165) is 40.0 Å². The third-order valence-electron chi connectivity index (χ3n) is 7.32. The molecule has 3 aliphatic rings. The molecule has 2 saturated heterocycles. The maximum absolute atomic E-state index is 14.0. The molecule has 0 saturated carbocycles. The van der Waals surface area contributed by atoms with Crippen molar-refractivity contribution in [2.75, 3.05) is 62.0 Å². The van der Waals surface area contributed by atoms with Gasteiger partial charge in [-0.1, -0.05) is 54.2 Å². The third-order valence-corrected chi connectivity index (χ3v) is 9.75. The molecule has 3 aromatic carbocycles. The summed E-state index contributed by atoms with van der Waals surface area (Å²) in [7, 11) is 2.00. The molecule has 2 amide bonds. The number of fused-ring (bicyclic) bond motifs is 1. The van der Waals surface area contributed by atoms with Crippen molar-refractivity contribution in [3.8, 4) is 0 Å². The summed E-state index contributed by atoms with van der Waals surface area (Å²) >= 11 is 3.00. The first kappa shape index (κ1) is 29.3. The maximum atomic E-state index is 14.0. The average Bonchev–Trinajstić information content (AvgIpc) is 3.51. The Labute approximate surface area is 260 Å². The van der Waals surface area contributed by atoms with Crippen molar-refractivity contribution in [1.29, 1.82) is 0 Å². The lowest BCUT2D eigenvalue weighted by Crippen LogP contribution is -2.41. The molecule has 3 aromatic rings. The highest BCUT2D eigenvalue weighted by Gasteiger charge is 2.39. The topological polar surface area (TPSA) is 89.5 Å². The normalized spacial score (nSPS) is 19.7. The van der Waals surface area contributed by atoms with Crippen molar-refractivity contribution in [2.24, 2.45) is 4.99 Å². The Bertz CT molecular complexity index is 1570. The van der Waals surface area contributed by atoms with Crippen LogP contribution in [-0.4, -0.2) is 73.2 Å². The zero-order valence-electron chi connectivity index (χ0n) is 24.2. The third kappa shape index (κ3) is 6.59. The standard InChI is InChI=1S/C32H34N6O3S2/c1-3-33-24-14-13-23(34-28(39)21-37-15-17-41-18-16-37)19-25(24)35-32-38(20-22-9-5-4-6-10-22)30(40)29(43-32)31-36(2)26-11-7-8-12-27(26)42-31/h4-14,19,33H,3,15-18,20-21H2,1-2H3,(H,34,39). The van der Waals surface area contributed by atoms with E-state index in [9.17, 15) is 9.59 Å². The Morgan fingerprint density at radius 2 is 1.77 bits per heavy atom. The molecular weight excluding hydrogens is 581 g/mol. The van der Waals surface area contributed by atoms with Gasteiger partial charge in [0, 0.05) is 37.3 Å². The summed E-state index contributed by atoms with van der Waals surface area (Å²) in [5.41, 5.74) is 4.24. The van der Waals surface area contributed by atoms with Gasteiger partial charge >= 0.3 is 0 Å². The lowest BCUT2D eigenvalue weighted by atomic mass is 10.2. The molecule has 0 radical (unpaired) electrons. The van der Waals surface area contributed by atoms with Crippen LogP contribution in [0.2, 0.25) is 0 Å². The van der Waals surface area contributed by atoms with Crippen molar-refractivity contribution >= 4 is 63.3 Å². The molecule has 0 spiro atoms. The minimum atomic E-state index is -0.0827. The molecule has 0 unspecified atom stereocenters. The number of hydrogen-bond donors (Lipinski definition) is 2. The minimum absolute atomic E-state index is 0.0743. The van der Waals surface area contributed by atoms with Crippen LogP contribution in [0.4, 0.5) is 22.7 Å². The summed E-state index contributed by atoms with van der Waals surface area (Å²) in [5.74, 6) is -0.157. The molecule has 3 aliphatic heterocycles. The molecule has 222 valence electrons. The number of benzene rings is 3. The smallest absolute Gasteiger partial charge is 0.269 e. The highest BCUT2D eigenvalue weighted by Crippen LogP contribution is 2.50. The van der Waals surface area contributed by atoms with Gasteiger partial charge in [-0.2, -0.15) is 0 Å². The highest BCUT2D eigenvalue weighted by atomic mass is 32.2. The number of anilines is 3. The largest absolute Gasteiger partial charge is 0.384 e. The van der Waals surface area contributed by atoms with Crippen LogP contribution in [0.25, 0.3) is 0 Å². The molecule has 9 nitrogen and oxygen atoms in total. The minimum Gasteiger partial charge on any atom is -0.384 e. The molecule has 43 heavy (non-hydrogen) atoms. The highest BCUT2D eigenvalue weighted by molar-refractivity contribution is 8.19. The number of aliphatic imine (C=N–C) groups is 1. The predicted octanol–water partition coefficient (Wildman–Crippen LogP) is 5.56. The van der Waals surface area contributed by atoms with E-state index < -0.39 is 0 Å². The quantitative estimate of drug-likeness (QED) is 0.319. The monoisotopic (exact) mass is 614 g/mol. The number of nitrogens with zero attached hydrogens (tertiary/aromatic N) is 4. The molecule has 0 atom stereocenters. The Morgan fingerprint density at radius 3 is 2.53 bits per heavy atom. The fraction of sp³-hybridized carbons (Fsp3) is 0.281. The van der Waals surface area contributed by atoms with E-state index in [1.165, 1.54) is 11.8 Å². The number of morpholine rings is 1. The first-order chi connectivity index (χ1) is 21.0. The second kappa shape index (κ2) is 13.3. The van der Waals surface area contributed by atoms with Crippen LogP contribution in [0.1, 0.15) is 12.5 Å². The van der Waals surface area contributed by atoms with Gasteiger partial charge in [0.05, 0.1) is 48.4 Å². The number of amides is 2. The molecule has 11 heteroatoms. The number of rotatable bonds is 8. The SMILES string of the molecule is CCNc1ccc(NC(=O)CN2CCOCC2)cc1N=C1SC(=C2Sc3ccccc3N2C)C(=O)N1Cc1ccccc1. The summed E-state index contributed by atoms with van der Waals surface area (Å²) in [6.07, 6.45) is 0. The average molecular weight is 615 g/mol. The number of thioether (sulfide) groups is 2. The van der Waals surface area contributed by atoms with Gasteiger partial charge in [0.15, 0.2) is 5.17 Å². The zero-order chi connectivity index (χ0) is 29.8. The number of hydrogen-bond acceptors (Lipinski definition) is 9. The fourth-order valence-corrected chi connectivity index (χ4v) is 7.47. The van der Waals surface area contributed by atoms with Crippen LogP contribution in [0.3, 0.4) is 0 Å². The van der Waals surface area contributed by atoms with Crippen molar-refractivity contribution in [3.63, 3.8) is 0 Å². The number of ether oxygens (including phenoxy) is 1. The lowest BCUT2D eigenvalue weighted by molar-refractivity contribution is -0.122. The zero-order valence-corrected chi connectivity index (χ0v) is 25.8. The van der Waals surface area contributed by atoms with E-state index in [-0.39, 0.29) is 11.8 Å². The van der Waals surface area contributed by atoms with Crippen LogP contribution < -0.4 is 15.5 Å². The van der Waals surface area contributed by atoms with Crippen LogP contribution in [0.5, 0.6) is 0 Å². The molecule has 2 fully saturated rings. The van der Waals surface area contributed by atoms with Crippen LogP contribution in [0, 0.1) is 0 Å². The van der Waals surface area contributed by atoms with E-state index in [1.54, 1.807) is 16.7 Å². The predicted molar refractivity (Wildman–Crippen MR) is 176 cm³/mol. The number of carbonyl (C=O) groups excluding carboxylic acids is 2. The van der Waals surface area contributed by atoms with Gasteiger partial charge < -0.3 is 20.3 Å². The summed E-state index contributed by atoms with van der Waals surface area (Å²) in [6.45, 7) is 6.20. The molecule has 0 aliphatic carbocycles. The van der Waals surface area contributed by atoms with Crippen molar-refractivity contribution < 1.29 is 14.3 Å². The second-order valence-electron chi connectivity index (χ2n) is 10.3. The van der Waals surface area contributed by atoms with Gasteiger partial charge in [0.1, 0.15) is 4.91 Å². The Balaban J connectivity index is 1.33. The summed E-state index contributed by atoms with van der Waals surface area (Å²) in [5, 5.41) is 7.90. The Morgan fingerprint density at radius 1 is 1.00 bits per heavy atom. The van der Waals surface area contributed by atoms with E-state index in [1.807, 2.05) is 74.6 Å². The van der Waals surface area contributed by atoms with Gasteiger partial charge in [-0.25, -0.2) is 4.99 Å². The number of para-hydroxylation sites is 1. The van der Waals surface area contributed by atoms with Gasteiger partial charge in [-0.3, -0.25) is 19.4 Å². The summed E-state index contributed by atoms with van der Waals surface area (Å²) < 4.78 is 5.40. The van der Waals surface area contributed by atoms with Crippen molar-refractivity contribution in [3.05, 3.63) is 88.3 Å². The van der Waals surface area contributed by atoms with Gasteiger partial charge in [0.2, 0.25) is 5.91 Å². The van der Waals surface area contributed by atoms with Crippen molar-refractivity contribution in [2.45, 2.75) is 18.4 Å². The molecule has 2 N–H and O–H groups in total. The molecule has 0 bridgehead atoms. The van der Waals surface area contributed by atoms with Crippen LogP contribution in [0.15, 0.2) is 92.6 Å². The maximum Gasteiger partial charge on any atom is 0.269 e. The van der Waals surface area contributed by atoms with E-state index >= 15 is 0 Å². The molecular formula is C32H34N6O3S2. The first-order valence-corrected chi connectivity index (χ1v) is 16.0. The van der Waals surface area contributed by atoms with E-state index in [0.29, 0.717) is 54.3 Å². The van der Waals surface area contributed by atoms with Crippen LogP contribution in [-0.2, 0) is 20.9 Å². The van der Waals surface area contributed by atoms with Gasteiger partial charge in [0.25, 0.3) is 5.91 Å². The van der Waals surface area contributed by atoms with Gasteiger partial charge in [-0.05, 0) is 54.6 Å². The van der Waals surface area contributed by atoms with Crippen molar-refractivity contribution in [1.82, 2.24) is 9.80 Å². The molecule has 0 aromatic heterocycles. The van der Waals surface area contributed by atoms with E-state index in [4.69, 9.17) is 9.73 Å². The summed E-state index contributed by atoms with van der Waals surface area (Å²) in [4.78, 5) is 39.6. The van der Waals surface area contributed by atoms with Crippen LogP contribution >= 0.6 is 23.5 Å². The number of carbonyl (C=O) groups is 2. The Kier molecular flexibility index (Phi) is 9.03. The number of amidine groups is 1. The number of nitrogens with one attached hydrogen (secondary N) is 2. The first-order valence-electron chi connectivity index (χ1n) is 14.3. The Hall–Kier alpha value is -3.77. The lowest BCUT2D eigenvalue weighted by Gasteiger charge is -2.25. The summed E-state index contributed by atoms with van der Waals surface area (Å²) in [6, 6.07) is 23.8. The van der Waals surface area contributed by atoms with E-state index in [2.05, 4.69) is 32.6 Å². The van der Waals surface area contributed by atoms with Gasteiger partial charge in [-0.15, -0.1) is 0 Å². The molecule has 3 heterocycles.